The van der Waals surface area contributed by atoms with Crippen molar-refractivity contribution in [3.05, 3.63) is 63.6 Å². The van der Waals surface area contributed by atoms with Gasteiger partial charge in [0.05, 0.1) is 10.6 Å². The van der Waals surface area contributed by atoms with Gasteiger partial charge < -0.3 is 0 Å². The van der Waals surface area contributed by atoms with Crippen LogP contribution in [0.3, 0.4) is 0 Å². The van der Waals surface area contributed by atoms with Crippen LogP contribution in [0.2, 0.25) is 10.0 Å². The predicted octanol–water partition coefficient (Wildman–Crippen LogP) is 8.07. The summed E-state index contributed by atoms with van der Waals surface area (Å²) in [7, 11) is 0. The van der Waals surface area contributed by atoms with Crippen LogP contribution in [0.1, 0.15) is 49.3 Å². The molecule has 3 aromatic rings. The Labute approximate surface area is 193 Å². The molecule has 2 aromatic carbocycles. The molecule has 0 bridgehead atoms. The Bertz CT molecular complexity index is 1060. The van der Waals surface area contributed by atoms with Gasteiger partial charge in [-0.2, -0.15) is 13.2 Å². The molecule has 1 aliphatic rings. The van der Waals surface area contributed by atoms with E-state index in [2.05, 4.69) is 14.8 Å². The van der Waals surface area contributed by atoms with E-state index in [1.807, 2.05) is 6.07 Å². The number of nitrogens with zero attached hydrogens (tertiary/aromatic N) is 3. The van der Waals surface area contributed by atoms with Gasteiger partial charge in [0.25, 0.3) is 0 Å². The molecule has 0 spiro atoms. The van der Waals surface area contributed by atoms with E-state index in [1.165, 1.54) is 30.3 Å². The van der Waals surface area contributed by atoms with Gasteiger partial charge in [-0.15, -0.1) is 10.2 Å². The zero-order valence-electron chi connectivity index (χ0n) is 16.5. The van der Waals surface area contributed by atoms with Crippen LogP contribution in [0.4, 0.5) is 13.2 Å². The van der Waals surface area contributed by atoms with Crippen LogP contribution in [0, 0.1) is 0 Å². The number of alkyl halides is 3. The van der Waals surface area contributed by atoms with Gasteiger partial charge in [0.1, 0.15) is 0 Å². The molecule has 164 valence electrons. The summed E-state index contributed by atoms with van der Waals surface area (Å²) in [5.41, 5.74) is 0.687. The topological polar surface area (TPSA) is 30.7 Å². The lowest BCUT2D eigenvalue weighted by Gasteiger charge is -2.25. The number of halogens is 5. The molecule has 1 fully saturated rings. The molecule has 0 aliphatic heterocycles. The normalized spacial score (nSPS) is 15.4. The molecule has 0 unspecified atom stereocenters. The molecule has 0 radical (unpaired) electrons. The van der Waals surface area contributed by atoms with Crippen molar-refractivity contribution in [1.82, 2.24) is 14.8 Å². The fourth-order valence-corrected chi connectivity index (χ4v) is 5.33. The standard InChI is InChI=1S/C22H20Cl2F3N3S/c23-16-9-10-18(19(24)12-16)20-28-29-21(30(20)17-7-2-1-3-8-17)31-13-14-5-4-6-15(11-14)22(25,26)27/h4-6,9-12,17H,1-3,7-8,13H2. The summed E-state index contributed by atoms with van der Waals surface area (Å²) in [4.78, 5) is 0. The van der Waals surface area contributed by atoms with Gasteiger partial charge in [-0.25, -0.2) is 0 Å². The maximum absolute atomic E-state index is 13.0. The largest absolute Gasteiger partial charge is 0.416 e. The second kappa shape index (κ2) is 9.43. The van der Waals surface area contributed by atoms with Gasteiger partial charge >= 0.3 is 6.18 Å². The van der Waals surface area contributed by atoms with Gasteiger partial charge in [0.2, 0.25) is 0 Å². The molecule has 1 saturated carbocycles. The van der Waals surface area contributed by atoms with E-state index in [9.17, 15) is 13.2 Å². The van der Waals surface area contributed by atoms with E-state index >= 15 is 0 Å². The van der Waals surface area contributed by atoms with Crippen LogP contribution < -0.4 is 0 Å². The van der Waals surface area contributed by atoms with E-state index in [1.54, 1.807) is 18.2 Å². The Kier molecular flexibility index (Phi) is 6.84. The first-order chi connectivity index (χ1) is 14.8. The van der Waals surface area contributed by atoms with Crippen LogP contribution in [0.5, 0.6) is 0 Å². The number of rotatable bonds is 5. The molecule has 31 heavy (non-hydrogen) atoms. The van der Waals surface area contributed by atoms with E-state index < -0.39 is 11.7 Å². The number of hydrogen-bond acceptors (Lipinski definition) is 3. The third-order valence-electron chi connectivity index (χ3n) is 5.40. The van der Waals surface area contributed by atoms with Gasteiger partial charge in [-0.1, -0.05) is 72.4 Å². The lowest BCUT2D eigenvalue weighted by molar-refractivity contribution is -0.137. The SMILES string of the molecule is FC(F)(F)c1cccc(CSc2nnc(-c3ccc(Cl)cc3Cl)n2C2CCCCC2)c1. The molecule has 1 aliphatic carbocycles. The number of hydrogen-bond donors (Lipinski definition) is 0. The summed E-state index contributed by atoms with van der Waals surface area (Å²) in [6, 6.07) is 10.9. The monoisotopic (exact) mass is 485 g/mol. The first kappa shape index (κ1) is 22.5. The second-order valence-electron chi connectivity index (χ2n) is 7.58. The number of aromatic nitrogens is 3. The first-order valence-corrected chi connectivity index (χ1v) is 11.8. The lowest BCUT2D eigenvalue weighted by atomic mass is 9.95. The highest BCUT2D eigenvalue weighted by Gasteiger charge is 2.30. The highest BCUT2D eigenvalue weighted by atomic mass is 35.5. The van der Waals surface area contributed by atoms with Crippen molar-refractivity contribution in [2.45, 2.75) is 55.2 Å². The minimum atomic E-state index is -4.36. The first-order valence-electron chi connectivity index (χ1n) is 10.0. The fraction of sp³-hybridized carbons (Fsp3) is 0.364. The molecule has 3 nitrogen and oxygen atoms in total. The Morgan fingerprint density at radius 3 is 2.48 bits per heavy atom. The van der Waals surface area contributed by atoms with Crippen molar-refractivity contribution >= 4 is 35.0 Å². The second-order valence-corrected chi connectivity index (χ2v) is 9.37. The molecular formula is C22H20Cl2F3N3S. The Balaban J connectivity index is 1.65. The van der Waals surface area contributed by atoms with Crippen LogP contribution >= 0.6 is 35.0 Å². The van der Waals surface area contributed by atoms with Crippen molar-refractivity contribution in [2.24, 2.45) is 0 Å². The predicted molar refractivity (Wildman–Crippen MR) is 119 cm³/mol. The van der Waals surface area contributed by atoms with Gasteiger partial charge in [0.15, 0.2) is 11.0 Å². The maximum atomic E-state index is 13.0. The Hall–Kier alpha value is -1.70. The number of benzene rings is 2. The van der Waals surface area contributed by atoms with Gasteiger partial charge in [0, 0.05) is 22.4 Å². The van der Waals surface area contributed by atoms with Crippen LogP contribution in [-0.2, 0) is 11.9 Å². The van der Waals surface area contributed by atoms with E-state index in [4.69, 9.17) is 23.2 Å². The lowest BCUT2D eigenvalue weighted by Crippen LogP contribution is -2.15. The Morgan fingerprint density at radius 2 is 1.77 bits per heavy atom. The van der Waals surface area contributed by atoms with Crippen molar-refractivity contribution in [2.75, 3.05) is 0 Å². The quantitative estimate of drug-likeness (QED) is 0.342. The summed E-state index contributed by atoms with van der Waals surface area (Å²) in [5, 5.41) is 10.5. The Morgan fingerprint density at radius 1 is 1.00 bits per heavy atom. The minimum absolute atomic E-state index is 0.231. The van der Waals surface area contributed by atoms with E-state index in [-0.39, 0.29) is 6.04 Å². The molecular weight excluding hydrogens is 466 g/mol. The smallest absolute Gasteiger partial charge is 0.299 e. The number of thioether (sulfide) groups is 1. The third-order valence-corrected chi connectivity index (χ3v) is 6.96. The fourth-order valence-electron chi connectivity index (χ4n) is 3.88. The molecule has 9 heteroatoms. The van der Waals surface area contributed by atoms with Crippen molar-refractivity contribution in [3.63, 3.8) is 0 Å². The summed E-state index contributed by atoms with van der Waals surface area (Å²) >= 11 is 13.9. The van der Waals surface area contributed by atoms with E-state index in [0.29, 0.717) is 32.3 Å². The summed E-state index contributed by atoms with van der Waals surface area (Å²) in [6.07, 6.45) is 1.09. The average Bonchev–Trinajstić information content (AvgIpc) is 3.16. The summed E-state index contributed by atoms with van der Waals surface area (Å²) in [5.74, 6) is 1.03. The summed E-state index contributed by atoms with van der Waals surface area (Å²) in [6.45, 7) is 0. The molecule has 1 heterocycles. The highest BCUT2D eigenvalue weighted by Crippen LogP contribution is 2.39. The molecule has 0 saturated heterocycles. The third kappa shape index (κ3) is 5.21. The maximum Gasteiger partial charge on any atom is 0.416 e. The molecule has 4 rings (SSSR count). The van der Waals surface area contributed by atoms with Crippen LogP contribution in [0.25, 0.3) is 11.4 Å². The van der Waals surface area contributed by atoms with Gasteiger partial charge in [-0.05, 0) is 42.7 Å². The average molecular weight is 486 g/mol. The van der Waals surface area contributed by atoms with Crippen molar-refractivity contribution in [1.29, 1.82) is 0 Å². The molecule has 0 atom stereocenters. The zero-order chi connectivity index (χ0) is 22.0. The van der Waals surface area contributed by atoms with Crippen molar-refractivity contribution in [3.8, 4) is 11.4 Å². The summed E-state index contributed by atoms with van der Waals surface area (Å²) < 4.78 is 41.2. The minimum Gasteiger partial charge on any atom is -0.299 e. The molecule has 0 N–H and O–H groups in total. The van der Waals surface area contributed by atoms with Crippen molar-refractivity contribution < 1.29 is 13.2 Å². The van der Waals surface area contributed by atoms with E-state index in [0.717, 1.165) is 37.3 Å². The molecule has 1 aromatic heterocycles. The van der Waals surface area contributed by atoms with Crippen LogP contribution in [0.15, 0.2) is 47.6 Å². The van der Waals surface area contributed by atoms with Gasteiger partial charge in [-0.3, -0.25) is 4.57 Å². The van der Waals surface area contributed by atoms with Crippen LogP contribution in [-0.4, -0.2) is 14.8 Å². The molecule has 0 amide bonds. The zero-order valence-corrected chi connectivity index (χ0v) is 18.8. The highest BCUT2D eigenvalue weighted by molar-refractivity contribution is 7.98.